The number of pyridine rings is 2. The summed E-state index contributed by atoms with van der Waals surface area (Å²) in [6.45, 7) is 6.66. The first kappa shape index (κ1) is 41.5. The molecule has 0 spiro atoms. The number of furan rings is 1. The molecule has 17 heteroatoms. The molecule has 0 fully saturated rings. The van der Waals surface area contributed by atoms with E-state index in [2.05, 4.69) is 120 Å². The molecule has 0 bridgehead atoms. The Morgan fingerprint density at radius 3 is 1.86 bits per heavy atom. The number of hydrogen-bond acceptors (Lipinski definition) is 7. The van der Waals surface area contributed by atoms with Crippen molar-refractivity contribution >= 4 is 65.1 Å². The second kappa shape index (κ2) is 15.2. The van der Waals surface area contributed by atoms with E-state index in [1.165, 1.54) is 61.2 Å². The summed E-state index contributed by atoms with van der Waals surface area (Å²) in [7, 11) is -12.2. The Hall–Kier alpha value is -5.62. The Morgan fingerprint density at radius 2 is 1.20 bits per heavy atom. The summed E-state index contributed by atoms with van der Waals surface area (Å²) in [5.41, 5.74) is 4.38. The maximum Gasteiger partial charge on any atom is 0.485 e. The lowest BCUT2D eigenvalue weighted by atomic mass is 9.79. The van der Waals surface area contributed by atoms with Crippen molar-refractivity contribution in [2.45, 2.75) is 50.8 Å². The van der Waals surface area contributed by atoms with Crippen molar-refractivity contribution in [2.24, 2.45) is 0 Å². The standard InChI is InChI=1S/C40H32N2O.2CHF3O3S/c1-25-26(2)31-20-23-41-22-19-27-9-3-4-12-32(27)39(41)38(31)37-30(25)21-24-42-29(11-8-15-35(37)42)18-17-28-10-7-14-34-33-13-5-6-16-36(33)43-40(28)34;2*2-1(3,4)8(5,6)7/h3-19,22H,20-21,23-24H2,1-2H3;2*(H,5,6,7)/q+2;;/p-2. The van der Waals surface area contributed by atoms with Crippen molar-refractivity contribution in [3.8, 4) is 22.5 Å². The molecule has 7 aromatic rings. The molecule has 0 amide bonds. The topological polar surface area (TPSA) is 135 Å². The van der Waals surface area contributed by atoms with Crippen molar-refractivity contribution < 1.29 is 65.8 Å². The van der Waals surface area contributed by atoms with Gasteiger partial charge in [-0.05, 0) is 65.8 Å². The van der Waals surface area contributed by atoms with Gasteiger partial charge in [0.1, 0.15) is 11.2 Å². The van der Waals surface area contributed by atoms with E-state index in [0.29, 0.717) is 0 Å². The number of rotatable bonds is 2. The number of halogens is 6. The van der Waals surface area contributed by atoms with Crippen LogP contribution in [0.2, 0.25) is 0 Å². The molecule has 2 aliphatic rings. The van der Waals surface area contributed by atoms with Crippen molar-refractivity contribution in [3.63, 3.8) is 0 Å². The summed E-state index contributed by atoms with van der Waals surface area (Å²) in [4.78, 5) is 0. The van der Waals surface area contributed by atoms with E-state index < -0.39 is 31.3 Å². The normalized spacial score (nSPS) is 13.9. The van der Waals surface area contributed by atoms with Gasteiger partial charge in [-0.2, -0.15) is 35.5 Å². The molecule has 0 N–H and O–H groups in total. The molecule has 9 nitrogen and oxygen atoms in total. The molecular weight excluding hydrogens is 823 g/mol. The molecule has 306 valence electrons. The second-order valence-electron chi connectivity index (χ2n) is 13.8. The molecule has 59 heavy (non-hydrogen) atoms. The summed E-state index contributed by atoms with van der Waals surface area (Å²) < 4.78 is 129. The van der Waals surface area contributed by atoms with Crippen LogP contribution in [0.15, 0.2) is 102 Å². The third kappa shape index (κ3) is 7.82. The lowest BCUT2D eigenvalue weighted by Gasteiger charge is -2.27. The molecule has 9 rings (SSSR count). The maximum atomic E-state index is 10.7. The molecule has 0 saturated heterocycles. The Balaban J connectivity index is 0.000000281. The van der Waals surface area contributed by atoms with Crippen LogP contribution < -0.4 is 9.13 Å². The molecule has 3 aromatic heterocycles. The van der Waals surface area contributed by atoms with Crippen LogP contribution in [-0.4, -0.2) is 37.0 Å². The van der Waals surface area contributed by atoms with Gasteiger partial charge >= 0.3 is 11.0 Å². The van der Waals surface area contributed by atoms with E-state index in [0.717, 1.165) is 53.4 Å². The first-order valence-electron chi connectivity index (χ1n) is 17.9. The lowest BCUT2D eigenvalue weighted by molar-refractivity contribution is -0.690. The molecule has 0 radical (unpaired) electrons. The quantitative estimate of drug-likeness (QED) is 0.0736. The average Bonchev–Trinajstić information content (AvgIpc) is 3.56. The van der Waals surface area contributed by atoms with E-state index in [-0.39, 0.29) is 0 Å². The molecule has 0 atom stereocenters. The summed E-state index contributed by atoms with van der Waals surface area (Å²) in [5, 5.41) is 4.96. The van der Waals surface area contributed by atoms with Crippen LogP contribution in [0.4, 0.5) is 26.3 Å². The molecule has 0 unspecified atom stereocenters. The zero-order valence-corrected chi connectivity index (χ0v) is 32.7. The minimum atomic E-state index is -6.09. The van der Waals surface area contributed by atoms with Gasteiger partial charge in [-0.1, -0.05) is 54.6 Å². The van der Waals surface area contributed by atoms with Crippen molar-refractivity contribution in [3.05, 3.63) is 131 Å². The number of aromatic nitrogens is 2. The smallest absolute Gasteiger partial charge is 0.485 e. The Morgan fingerprint density at radius 1 is 0.644 bits per heavy atom. The minimum Gasteiger partial charge on any atom is -0.741 e. The van der Waals surface area contributed by atoms with Crippen molar-refractivity contribution in [1.29, 1.82) is 0 Å². The first-order chi connectivity index (χ1) is 27.7. The zero-order valence-electron chi connectivity index (χ0n) is 31.1. The second-order valence-corrected chi connectivity index (χ2v) is 16.6. The Bertz CT molecular complexity index is 3020. The van der Waals surface area contributed by atoms with Crippen molar-refractivity contribution in [1.82, 2.24) is 0 Å². The monoisotopic (exact) mass is 854 g/mol. The van der Waals surface area contributed by atoms with Gasteiger partial charge in [0, 0.05) is 53.5 Å². The molecule has 5 heterocycles. The van der Waals surface area contributed by atoms with Crippen LogP contribution >= 0.6 is 0 Å². The van der Waals surface area contributed by atoms with Gasteiger partial charge in [-0.3, -0.25) is 0 Å². The predicted molar refractivity (Wildman–Crippen MR) is 206 cm³/mol. The van der Waals surface area contributed by atoms with E-state index in [4.69, 9.17) is 30.4 Å². The number of alkyl halides is 6. The highest BCUT2D eigenvalue weighted by Crippen LogP contribution is 2.45. The largest absolute Gasteiger partial charge is 0.741 e. The molecule has 0 saturated carbocycles. The van der Waals surface area contributed by atoms with Gasteiger partial charge in [-0.15, -0.1) is 0 Å². The van der Waals surface area contributed by atoms with Gasteiger partial charge in [-0.25, -0.2) is 16.8 Å². The van der Waals surface area contributed by atoms with E-state index >= 15 is 0 Å². The third-order valence-corrected chi connectivity index (χ3v) is 11.6. The molecule has 4 aromatic carbocycles. The number of benzene rings is 4. The number of hydrogen-bond donors (Lipinski definition) is 0. The zero-order chi connectivity index (χ0) is 42.7. The van der Waals surface area contributed by atoms with Gasteiger partial charge in [0.05, 0.1) is 16.5 Å². The number of para-hydroxylation sites is 2. The van der Waals surface area contributed by atoms with E-state index in [1.807, 2.05) is 12.1 Å². The van der Waals surface area contributed by atoms with Gasteiger partial charge < -0.3 is 13.5 Å². The van der Waals surface area contributed by atoms with Gasteiger partial charge in [0.25, 0.3) is 0 Å². The number of fused-ring (bicyclic) bond motifs is 12. The maximum absolute atomic E-state index is 10.7. The highest BCUT2D eigenvalue weighted by atomic mass is 32.2. The Kier molecular flexibility index (Phi) is 10.7. The summed E-state index contributed by atoms with van der Waals surface area (Å²) in [6.07, 6.45) is 8.87. The van der Waals surface area contributed by atoms with Crippen LogP contribution in [0, 0.1) is 13.8 Å². The van der Waals surface area contributed by atoms with Gasteiger partial charge in [0.2, 0.25) is 17.1 Å². The predicted octanol–water partition coefficient (Wildman–Crippen LogP) is 8.65. The first-order valence-corrected chi connectivity index (χ1v) is 20.7. The number of aryl methyl sites for hydroxylation is 1. The lowest BCUT2D eigenvalue weighted by Crippen LogP contribution is -2.45. The minimum absolute atomic E-state index is 0.933. The van der Waals surface area contributed by atoms with Crippen LogP contribution in [0.5, 0.6) is 0 Å². The highest BCUT2D eigenvalue weighted by molar-refractivity contribution is 7.86. The van der Waals surface area contributed by atoms with Crippen LogP contribution in [0.1, 0.15) is 33.5 Å². The third-order valence-electron chi connectivity index (χ3n) is 10.5. The fourth-order valence-corrected chi connectivity index (χ4v) is 7.72. The summed E-state index contributed by atoms with van der Waals surface area (Å²) in [6, 6.07) is 32.7. The Labute approximate surface area is 334 Å². The highest BCUT2D eigenvalue weighted by Gasteiger charge is 2.39. The molecular formula is C42H32F6N2O7S2. The fraction of sp³-hybridized carbons (Fsp3) is 0.190. The fourth-order valence-electron chi connectivity index (χ4n) is 7.72. The van der Waals surface area contributed by atoms with E-state index in [1.54, 1.807) is 0 Å². The van der Waals surface area contributed by atoms with Gasteiger partial charge in [0.15, 0.2) is 39.5 Å². The molecule has 2 aliphatic heterocycles. The SMILES string of the molecule is Cc1c(C)c2c(c3c1CC[n+]1ccc4ccccc4c1-3)-c1cccc(C=Cc3cccc4c3oc3ccccc34)[n+]1CC2.O=S(=O)([O-])C(F)(F)F.O=S(=O)([O-])C(F)(F)F. The van der Waals surface area contributed by atoms with Crippen molar-refractivity contribution in [2.75, 3.05) is 0 Å². The number of nitrogens with zero attached hydrogens (tertiary/aromatic N) is 2. The van der Waals surface area contributed by atoms with E-state index in [9.17, 15) is 26.3 Å². The summed E-state index contributed by atoms with van der Waals surface area (Å²) >= 11 is 0. The van der Waals surface area contributed by atoms with Crippen LogP contribution in [-0.2, 0) is 46.2 Å². The van der Waals surface area contributed by atoms with Crippen LogP contribution in [0.3, 0.4) is 0 Å². The summed E-state index contributed by atoms with van der Waals surface area (Å²) in [5.74, 6) is 0. The van der Waals surface area contributed by atoms with Crippen LogP contribution in [0.25, 0.3) is 67.4 Å². The molecule has 0 aliphatic carbocycles. The average molecular weight is 855 g/mol.